The van der Waals surface area contributed by atoms with E-state index in [-0.39, 0.29) is 11.7 Å². The molecule has 1 aliphatic rings. The van der Waals surface area contributed by atoms with Crippen LogP contribution in [0.3, 0.4) is 0 Å². The van der Waals surface area contributed by atoms with Crippen LogP contribution in [0.15, 0.2) is 42.7 Å². The van der Waals surface area contributed by atoms with Crippen molar-refractivity contribution in [2.24, 2.45) is 7.05 Å². The van der Waals surface area contributed by atoms with Gasteiger partial charge in [0.1, 0.15) is 12.0 Å². The van der Waals surface area contributed by atoms with Crippen LogP contribution in [0.5, 0.6) is 0 Å². The lowest BCUT2D eigenvalue weighted by Crippen LogP contribution is -2.46. The van der Waals surface area contributed by atoms with Crippen molar-refractivity contribution in [3.05, 3.63) is 59.6 Å². The minimum Gasteiger partial charge on any atom is -0.347 e. The summed E-state index contributed by atoms with van der Waals surface area (Å²) < 4.78 is 1.94. The molecule has 1 atom stereocenters. The first kappa shape index (κ1) is 15.7. The predicted octanol–water partition coefficient (Wildman–Crippen LogP) is 3.91. The van der Waals surface area contributed by atoms with Crippen molar-refractivity contribution in [1.29, 1.82) is 0 Å². The maximum Gasteiger partial charge on any atom is 0.132 e. The fourth-order valence-corrected chi connectivity index (χ4v) is 3.69. The second-order valence-corrected chi connectivity index (χ2v) is 6.89. The van der Waals surface area contributed by atoms with Gasteiger partial charge in [0.25, 0.3) is 0 Å². The predicted molar refractivity (Wildman–Crippen MR) is 95.1 cm³/mol. The first-order valence-corrected chi connectivity index (χ1v) is 8.14. The van der Waals surface area contributed by atoms with E-state index in [2.05, 4.69) is 85.3 Å². The van der Waals surface area contributed by atoms with Crippen molar-refractivity contribution in [3.63, 3.8) is 0 Å². The van der Waals surface area contributed by atoms with Gasteiger partial charge in [0, 0.05) is 25.5 Å². The smallest absolute Gasteiger partial charge is 0.132 e. The van der Waals surface area contributed by atoms with Gasteiger partial charge in [-0.3, -0.25) is 4.68 Å². The van der Waals surface area contributed by atoms with Crippen molar-refractivity contribution in [1.82, 2.24) is 14.7 Å². The summed E-state index contributed by atoms with van der Waals surface area (Å²) in [7, 11) is 2.00. The van der Waals surface area contributed by atoms with E-state index in [1.807, 2.05) is 18.7 Å². The number of rotatable bonds is 3. The largest absolute Gasteiger partial charge is 0.347 e. The minimum atomic E-state index is -0.0797. The van der Waals surface area contributed by atoms with Crippen LogP contribution in [0, 0.1) is 13.8 Å². The van der Waals surface area contributed by atoms with Gasteiger partial charge >= 0.3 is 0 Å². The van der Waals surface area contributed by atoms with Gasteiger partial charge in [-0.05, 0) is 45.7 Å². The number of hydrogen-bond acceptors (Lipinski definition) is 3. The van der Waals surface area contributed by atoms with Crippen LogP contribution in [0.1, 0.15) is 37.6 Å². The van der Waals surface area contributed by atoms with Gasteiger partial charge < -0.3 is 9.80 Å². The van der Waals surface area contributed by atoms with Crippen LogP contribution < -0.4 is 4.90 Å². The van der Waals surface area contributed by atoms with Crippen LogP contribution in [0.25, 0.3) is 0 Å². The summed E-state index contributed by atoms with van der Waals surface area (Å²) in [6.07, 6.45) is 4.58. The monoisotopic (exact) mass is 310 g/mol. The van der Waals surface area contributed by atoms with Gasteiger partial charge in [-0.15, -0.1) is 0 Å². The summed E-state index contributed by atoms with van der Waals surface area (Å²) in [5.41, 5.74) is 3.65. The molecule has 4 nitrogen and oxygen atoms in total. The normalized spacial score (nSPS) is 18.1. The Morgan fingerprint density at radius 1 is 1.09 bits per heavy atom. The molecule has 2 aromatic rings. The van der Waals surface area contributed by atoms with E-state index in [0.717, 1.165) is 11.5 Å². The topological polar surface area (TPSA) is 24.3 Å². The van der Waals surface area contributed by atoms with Gasteiger partial charge in [-0.25, -0.2) is 0 Å². The van der Waals surface area contributed by atoms with Crippen LogP contribution in [-0.4, -0.2) is 20.8 Å². The molecule has 0 unspecified atom stereocenters. The summed E-state index contributed by atoms with van der Waals surface area (Å²) in [6.45, 7) is 11.0. The lowest BCUT2D eigenvalue weighted by Gasteiger charge is -2.42. The Kier molecular flexibility index (Phi) is 3.71. The van der Waals surface area contributed by atoms with Gasteiger partial charge in [-0.1, -0.05) is 24.3 Å². The highest BCUT2D eigenvalue weighted by Gasteiger charge is 2.36. The summed E-state index contributed by atoms with van der Waals surface area (Å²) in [4.78, 5) is 4.69. The van der Waals surface area contributed by atoms with E-state index in [9.17, 15) is 0 Å². The molecule has 0 fully saturated rings. The molecule has 1 aliphatic heterocycles. The summed E-state index contributed by atoms with van der Waals surface area (Å²) in [5, 5.41) is 4.47. The number of aryl methyl sites for hydroxylation is 3. The second kappa shape index (κ2) is 5.44. The first-order valence-electron chi connectivity index (χ1n) is 8.14. The Bertz CT molecular complexity index is 742. The van der Waals surface area contributed by atoms with E-state index in [4.69, 9.17) is 0 Å². The maximum absolute atomic E-state index is 4.47. The molecular weight excluding hydrogens is 284 g/mol. The molecule has 23 heavy (non-hydrogen) atoms. The highest BCUT2D eigenvalue weighted by Crippen LogP contribution is 2.37. The number of nitrogens with zero attached hydrogens (tertiary/aromatic N) is 4. The third kappa shape index (κ3) is 2.52. The lowest BCUT2D eigenvalue weighted by atomic mass is 9.88. The van der Waals surface area contributed by atoms with Crippen LogP contribution in [0.4, 0.5) is 5.82 Å². The molecule has 1 aromatic carbocycles. The van der Waals surface area contributed by atoms with Crippen LogP contribution in [0.2, 0.25) is 0 Å². The first-order chi connectivity index (χ1) is 10.8. The molecular formula is C19H26N4. The zero-order chi connectivity index (χ0) is 16.8. The van der Waals surface area contributed by atoms with Gasteiger partial charge in [0.2, 0.25) is 0 Å². The molecule has 0 saturated carbocycles. The molecule has 4 heteroatoms. The summed E-state index contributed by atoms with van der Waals surface area (Å²) in [6, 6.07) is 10.8. The second-order valence-electron chi connectivity index (χ2n) is 6.89. The molecule has 0 saturated heterocycles. The van der Waals surface area contributed by atoms with Gasteiger partial charge in [-0.2, -0.15) is 5.10 Å². The van der Waals surface area contributed by atoms with E-state index >= 15 is 0 Å². The molecule has 0 radical (unpaired) electrons. The average Bonchev–Trinajstić information content (AvgIpc) is 3.01. The Labute approximate surface area is 139 Å². The summed E-state index contributed by atoms with van der Waals surface area (Å²) >= 11 is 0. The minimum absolute atomic E-state index is 0.0797. The molecule has 0 aliphatic carbocycles. The Balaban J connectivity index is 1.93. The Morgan fingerprint density at radius 3 is 2.39 bits per heavy atom. The molecule has 2 heterocycles. The Morgan fingerprint density at radius 2 is 1.78 bits per heavy atom. The number of benzene rings is 1. The molecule has 0 bridgehead atoms. The molecule has 122 valence electrons. The fourth-order valence-electron chi connectivity index (χ4n) is 3.69. The quantitative estimate of drug-likeness (QED) is 0.859. The zero-order valence-corrected chi connectivity index (χ0v) is 14.9. The number of aromatic nitrogens is 2. The standard InChI is InChI=1S/C19H26N4/c1-14-9-7-8-10-17(14)19(4,5)23-12-11-22(16(23)3)18-13-15(2)20-21(18)6/h7-13,16H,1-6H3/t16-/m1/s1. The average molecular weight is 310 g/mol. The lowest BCUT2D eigenvalue weighted by molar-refractivity contribution is 0.152. The molecule has 3 rings (SSSR count). The highest BCUT2D eigenvalue weighted by molar-refractivity contribution is 5.47. The molecule has 1 aromatic heterocycles. The third-order valence-corrected chi connectivity index (χ3v) is 4.88. The number of hydrogen-bond donors (Lipinski definition) is 0. The van der Waals surface area contributed by atoms with Crippen LogP contribution >= 0.6 is 0 Å². The molecule has 0 N–H and O–H groups in total. The van der Waals surface area contributed by atoms with Crippen molar-refractivity contribution < 1.29 is 0 Å². The van der Waals surface area contributed by atoms with E-state index in [1.54, 1.807) is 0 Å². The fraction of sp³-hybridized carbons (Fsp3) is 0.421. The maximum atomic E-state index is 4.47. The van der Waals surface area contributed by atoms with E-state index in [0.29, 0.717) is 0 Å². The Hall–Kier alpha value is -2.23. The van der Waals surface area contributed by atoms with Crippen molar-refractivity contribution in [2.45, 2.75) is 46.3 Å². The third-order valence-electron chi connectivity index (χ3n) is 4.88. The summed E-state index contributed by atoms with van der Waals surface area (Å²) in [5.74, 6) is 1.12. The van der Waals surface area contributed by atoms with E-state index < -0.39 is 0 Å². The van der Waals surface area contributed by atoms with Crippen LogP contribution in [-0.2, 0) is 12.6 Å². The number of anilines is 1. The van der Waals surface area contributed by atoms with Gasteiger partial charge in [0.05, 0.1) is 11.2 Å². The van der Waals surface area contributed by atoms with Crippen molar-refractivity contribution in [2.75, 3.05) is 4.90 Å². The highest BCUT2D eigenvalue weighted by atomic mass is 15.5. The molecule has 0 amide bonds. The van der Waals surface area contributed by atoms with Gasteiger partial charge in [0.15, 0.2) is 0 Å². The van der Waals surface area contributed by atoms with Crippen molar-refractivity contribution in [3.8, 4) is 0 Å². The zero-order valence-electron chi connectivity index (χ0n) is 14.9. The SMILES string of the molecule is Cc1cc(N2C=CN(C(C)(C)c3ccccc3C)[C@@H]2C)n(C)n1. The van der Waals surface area contributed by atoms with E-state index in [1.165, 1.54) is 11.1 Å². The van der Waals surface area contributed by atoms with Crippen molar-refractivity contribution >= 4 is 5.82 Å². The molecule has 0 spiro atoms.